The third-order valence-electron chi connectivity index (χ3n) is 1.55. The van der Waals surface area contributed by atoms with E-state index in [9.17, 15) is 4.39 Å². The maximum Gasteiger partial charge on any atom is 0.279 e. The van der Waals surface area contributed by atoms with E-state index in [4.69, 9.17) is 4.74 Å². The lowest BCUT2D eigenvalue weighted by molar-refractivity contribution is 0.438. The van der Waals surface area contributed by atoms with Gasteiger partial charge in [0.25, 0.3) is 5.19 Å². The number of benzene rings is 1. The lowest BCUT2D eigenvalue weighted by atomic mass is 10.3. The Kier molecular flexibility index (Phi) is 3.38. The molecule has 6 heteroatoms. The van der Waals surface area contributed by atoms with Crippen LogP contribution in [0.3, 0.4) is 0 Å². The second kappa shape index (κ2) is 4.59. The molecule has 0 aliphatic rings. The van der Waals surface area contributed by atoms with Crippen molar-refractivity contribution in [1.29, 1.82) is 0 Å². The Morgan fingerprint density at radius 1 is 1.33 bits per heavy atom. The zero-order chi connectivity index (χ0) is 10.8. The summed E-state index contributed by atoms with van der Waals surface area (Å²) in [6.45, 7) is 0. The van der Waals surface area contributed by atoms with Crippen LogP contribution < -0.4 is 4.74 Å². The molecular formula is C9H4Br2FNOS. The molecule has 0 fully saturated rings. The summed E-state index contributed by atoms with van der Waals surface area (Å²) >= 11 is 7.73. The highest BCUT2D eigenvalue weighted by Gasteiger charge is 2.07. The van der Waals surface area contributed by atoms with Gasteiger partial charge in [-0.15, -0.1) is 0 Å². The van der Waals surface area contributed by atoms with Gasteiger partial charge >= 0.3 is 0 Å². The quantitative estimate of drug-likeness (QED) is 0.788. The van der Waals surface area contributed by atoms with E-state index in [1.807, 2.05) is 0 Å². The lowest BCUT2D eigenvalue weighted by Crippen LogP contribution is -1.87. The molecule has 0 atom stereocenters. The Morgan fingerprint density at radius 2 is 2.13 bits per heavy atom. The predicted molar refractivity (Wildman–Crippen MR) is 64.0 cm³/mol. The second-order valence-electron chi connectivity index (χ2n) is 2.61. The molecule has 1 aromatic carbocycles. The molecule has 0 bridgehead atoms. The summed E-state index contributed by atoms with van der Waals surface area (Å²) < 4.78 is 20.0. The predicted octanol–water partition coefficient (Wildman–Crippen LogP) is 4.60. The van der Waals surface area contributed by atoms with E-state index in [0.717, 1.165) is 4.47 Å². The first-order valence-corrected chi connectivity index (χ1v) is 6.35. The molecule has 1 aromatic heterocycles. The van der Waals surface area contributed by atoms with Crippen molar-refractivity contribution < 1.29 is 9.13 Å². The van der Waals surface area contributed by atoms with E-state index in [1.165, 1.54) is 17.4 Å². The van der Waals surface area contributed by atoms with Gasteiger partial charge in [-0.05, 0) is 34.1 Å². The minimum Gasteiger partial charge on any atom is -0.428 e. The zero-order valence-electron chi connectivity index (χ0n) is 7.21. The van der Waals surface area contributed by atoms with Gasteiger partial charge in [-0.1, -0.05) is 27.3 Å². The van der Waals surface area contributed by atoms with Gasteiger partial charge in [-0.25, -0.2) is 4.39 Å². The molecule has 0 aliphatic carbocycles. The van der Waals surface area contributed by atoms with Crippen molar-refractivity contribution in [1.82, 2.24) is 4.98 Å². The molecule has 0 saturated carbocycles. The van der Waals surface area contributed by atoms with Crippen LogP contribution in [0.2, 0.25) is 0 Å². The van der Waals surface area contributed by atoms with Crippen molar-refractivity contribution >= 4 is 43.2 Å². The molecule has 0 amide bonds. The summed E-state index contributed by atoms with van der Waals surface area (Å²) in [5, 5.41) is 2.17. The van der Waals surface area contributed by atoms with Crippen molar-refractivity contribution in [3.05, 3.63) is 38.5 Å². The van der Waals surface area contributed by atoms with Crippen LogP contribution in [0.5, 0.6) is 10.9 Å². The molecule has 15 heavy (non-hydrogen) atoms. The summed E-state index contributed by atoms with van der Waals surface area (Å²) in [6, 6.07) is 4.51. The van der Waals surface area contributed by atoms with Crippen LogP contribution in [0, 0.1) is 5.82 Å². The third-order valence-corrected chi connectivity index (χ3v) is 3.47. The van der Waals surface area contributed by atoms with E-state index >= 15 is 0 Å². The van der Waals surface area contributed by atoms with Crippen molar-refractivity contribution in [3.8, 4) is 10.9 Å². The first-order valence-electron chi connectivity index (χ1n) is 3.89. The highest BCUT2D eigenvalue weighted by atomic mass is 79.9. The number of hydrogen-bond acceptors (Lipinski definition) is 3. The lowest BCUT2D eigenvalue weighted by Gasteiger charge is -2.02. The standard InChI is InChI=1S/C9H4Br2FNOS/c10-5-1-2-6(12)7(3-5)14-9-13-8(11)4-15-9/h1-4H. The van der Waals surface area contributed by atoms with Gasteiger partial charge in [0, 0.05) is 9.85 Å². The Balaban J connectivity index is 2.27. The fourth-order valence-corrected chi connectivity index (χ4v) is 2.37. The van der Waals surface area contributed by atoms with Crippen molar-refractivity contribution in [2.24, 2.45) is 0 Å². The average Bonchev–Trinajstić information content (AvgIpc) is 2.58. The molecular weight excluding hydrogens is 349 g/mol. The minimum absolute atomic E-state index is 0.159. The normalized spacial score (nSPS) is 10.3. The van der Waals surface area contributed by atoms with Crippen LogP contribution in [0.25, 0.3) is 0 Å². The van der Waals surface area contributed by atoms with Gasteiger partial charge in [-0.3, -0.25) is 0 Å². The largest absolute Gasteiger partial charge is 0.428 e. The number of thiazole rings is 1. The molecule has 1 heterocycles. The van der Waals surface area contributed by atoms with Crippen molar-refractivity contribution in [2.75, 3.05) is 0 Å². The van der Waals surface area contributed by atoms with Crippen LogP contribution in [0.4, 0.5) is 4.39 Å². The minimum atomic E-state index is -0.412. The van der Waals surface area contributed by atoms with Gasteiger partial charge in [-0.2, -0.15) is 4.98 Å². The van der Waals surface area contributed by atoms with Gasteiger partial charge in [0.2, 0.25) is 0 Å². The molecule has 0 radical (unpaired) electrons. The smallest absolute Gasteiger partial charge is 0.279 e. The van der Waals surface area contributed by atoms with Crippen molar-refractivity contribution in [2.45, 2.75) is 0 Å². The van der Waals surface area contributed by atoms with E-state index in [0.29, 0.717) is 9.80 Å². The molecule has 2 rings (SSSR count). The summed E-state index contributed by atoms with van der Waals surface area (Å²) in [5.41, 5.74) is 0. The number of ether oxygens (including phenoxy) is 1. The summed E-state index contributed by atoms with van der Waals surface area (Å²) in [4.78, 5) is 4.01. The summed E-state index contributed by atoms with van der Waals surface area (Å²) in [6.07, 6.45) is 0. The van der Waals surface area contributed by atoms with E-state index < -0.39 is 5.82 Å². The van der Waals surface area contributed by atoms with Gasteiger partial charge in [0.15, 0.2) is 11.6 Å². The maximum atomic E-state index is 13.3. The van der Waals surface area contributed by atoms with Crippen LogP contribution in [-0.4, -0.2) is 4.98 Å². The van der Waals surface area contributed by atoms with Gasteiger partial charge in [0.1, 0.15) is 4.60 Å². The second-order valence-corrected chi connectivity index (χ2v) is 5.16. The van der Waals surface area contributed by atoms with Crippen LogP contribution >= 0.6 is 43.2 Å². The molecule has 0 saturated heterocycles. The van der Waals surface area contributed by atoms with Gasteiger partial charge in [0.05, 0.1) is 0 Å². The van der Waals surface area contributed by atoms with Gasteiger partial charge < -0.3 is 4.74 Å². The van der Waals surface area contributed by atoms with Crippen molar-refractivity contribution in [3.63, 3.8) is 0 Å². The Morgan fingerprint density at radius 3 is 2.80 bits per heavy atom. The van der Waals surface area contributed by atoms with Crippen LogP contribution in [0.15, 0.2) is 32.7 Å². The molecule has 0 spiro atoms. The van der Waals surface area contributed by atoms with Crippen LogP contribution in [-0.2, 0) is 0 Å². The summed E-state index contributed by atoms with van der Waals surface area (Å²) in [7, 11) is 0. The van der Waals surface area contributed by atoms with Crippen LogP contribution in [0.1, 0.15) is 0 Å². The molecule has 0 aliphatic heterocycles. The first-order chi connectivity index (χ1) is 7.15. The summed E-state index contributed by atoms with van der Waals surface area (Å²) in [5.74, 6) is -0.254. The molecule has 78 valence electrons. The first kappa shape index (κ1) is 11.0. The monoisotopic (exact) mass is 351 g/mol. The molecule has 0 N–H and O–H groups in total. The highest BCUT2D eigenvalue weighted by molar-refractivity contribution is 9.10. The van der Waals surface area contributed by atoms with E-state index in [1.54, 1.807) is 17.5 Å². The molecule has 0 unspecified atom stereocenters. The number of halogens is 3. The number of aromatic nitrogens is 1. The number of nitrogens with zero attached hydrogens (tertiary/aromatic N) is 1. The fraction of sp³-hybridized carbons (Fsp3) is 0. The third kappa shape index (κ3) is 2.76. The van der Waals surface area contributed by atoms with E-state index in [2.05, 4.69) is 36.8 Å². The molecule has 2 aromatic rings. The average molecular weight is 353 g/mol. The highest BCUT2D eigenvalue weighted by Crippen LogP contribution is 2.30. The Bertz CT molecular complexity index is 489. The topological polar surface area (TPSA) is 22.1 Å². The van der Waals surface area contributed by atoms with E-state index in [-0.39, 0.29) is 5.75 Å². The Labute approximate surface area is 106 Å². The SMILES string of the molecule is Fc1ccc(Br)cc1Oc1nc(Br)cs1. The maximum absolute atomic E-state index is 13.3. The number of rotatable bonds is 2. The molecule has 2 nitrogen and oxygen atoms in total. The number of hydrogen-bond donors (Lipinski definition) is 0. The Hall–Kier alpha value is -0.460. The zero-order valence-corrected chi connectivity index (χ0v) is 11.2. The fourth-order valence-electron chi connectivity index (χ4n) is 0.935.